The van der Waals surface area contributed by atoms with Crippen molar-refractivity contribution in [3.05, 3.63) is 35.0 Å². The van der Waals surface area contributed by atoms with E-state index < -0.39 is 0 Å². The molecule has 90 valence electrons. The smallest absolute Gasteiger partial charge is 0.0544 e. The van der Waals surface area contributed by atoms with Crippen molar-refractivity contribution in [1.82, 2.24) is 15.2 Å². The van der Waals surface area contributed by atoms with E-state index in [1.807, 2.05) is 12.3 Å². The van der Waals surface area contributed by atoms with Gasteiger partial charge in [0.05, 0.1) is 5.02 Å². The highest BCUT2D eigenvalue weighted by Gasteiger charge is 2.13. The summed E-state index contributed by atoms with van der Waals surface area (Å²) in [6.45, 7) is 5.29. The third kappa shape index (κ3) is 2.18. The van der Waals surface area contributed by atoms with Gasteiger partial charge in [0, 0.05) is 49.8 Å². The lowest BCUT2D eigenvalue weighted by Gasteiger charge is -2.27. The molecule has 2 N–H and O–H groups in total. The molecule has 3 rings (SSSR count). The van der Waals surface area contributed by atoms with Gasteiger partial charge < -0.3 is 10.3 Å². The molecule has 0 bridgehead atoms. The monoisotopic (exact) mass is 249 g/mol. The second kappa shape index (κ2) is 4.69. The molecule has 0 amide bonds. The van der Waals surface area contributed by atoms with Crippen LogP contribution in [0.15, 0.2) is 24.4 Å². The zero-order valence-electron chi connectivity index (χ0n) is 9.67. The van der Waals surface area contributed by atoms with E-state index in [4.69, 9.17) is 11.6 Å². The molecule has 0 saturated carbocycles. The maximum atomic E-state index is 6.44. The Hall–Kier alpha value is -1.03. The minimum atomic E-state index is 0.891. The van der Waals surface area contributed by atoms with E-state index in [9.17, 15) is 0 Å². The van der Waals surface area contributed by atoms with Gasteiger partial charge in [-0.3, -0.25) is 4.90 Å². The molecule has 0 aliphatic carbocycles. The van der Waals surface area contributed by atoms with E-state index in [-0.39, 0.29) is 0 Å². The van der Waals surface area contributed by atoms with Gasteiger partial charge in [0.2, 0.25) is 0 Å². The summed E-state index contributed by atoms with van der Waals surface area (Å²) in [5.74, 6) is 0. The molecule has 17 heavy (non-hydrogen) atoms. The Kier molecular flexibility index (Phi) is 3.05. The molecule has 1 aliphatic rings. The summed E-state index contributed by atoms with van der Waals surface area (Å²) < 4.78 is 0. The van der Waals surface area contributed by atoms with Crippen LogP contribution < -0.4 is 5.32 Å². The first kappa shape index (κ1) is 11.1. The SMILES string of the molecule is Clc1c(CN2CCNCC2)ccc2[nH]ccc12. The Bertz CT molecular complexity index is 514. The van der Waals surface area contributed by atoms with E-state index in [1.165, 1.54) is 5.56 Å². The van der Waals surface area contributed by atoms with Gasteiger partial charge in [-0.05, 0) is 17.7 Å². The third-order valence-corrected chi connectivity index (χ3v) is 3.80. The molecule has 3 nitrogen and oxygen atoms in total. The first-order valence-corrected chi connectivity index (χ1v) is 6.40. The standard InChI is InChI=1S/C13H16ClN3/c14-13-10(9-17-7-5-15-6-8-17)1-2-12-11(13)3-4-16-12/h1-4,15-16H,5-9H2. The van der Waals surface area contributed by atoms with Gasteiger partial charge in [0.1, 0.15) is 0 Å². The Morgan fingerprint density at radius 2 is 2.00 bits per heavy atom. The van der Waals surface area contributed by atoms with Crippen molar-refractivity contribution >= 4 is 22.5 Å². The number of hydrogen-bond donors (Lipinski definition) is 2. The zero-order valence-corrected chi connectivity index (χ0v) is 10.4. The number of rotatable bonds is 2. The Morgan fingerprint density at radius 3 is 2.82 bits per heavy atom. The normalized spacial score (nSPS) is 17.7. The molecule has 0 radical (unpaired) electrons. The Balaban J connectivity index is 1.86. The van der Waals surface area contributed by atoms with Crippen molar-refractivity contribution in [1.29, 1.82) is 0 Å². The van der Waals surface area contributed by atoms with E-state index in [2.05, 4.69) is 27.3 Å². The van der Waals surface area contributed by atoms with Gasteiger partial charge in [-0.25, -0.2) is 0 Å². The number of hydrogen-bond acceptors (Lipinski definition) is 2. The fraction of sp³-hybridized carbons (Fsp3) is 0.385. The minimum Gasteiger partial charge on any atom is -0.361 e. The second-order valence-electron chi connectivity index (χ2n) is 4.50. The number of nitrogens with one attached hydrogen (secondary N) is 2. The molecular formula is C13H16ClN3. The summed E-state index contributed by atoms with van der Waals surface area (Å²) in [5, 5.41) is 5.38. The first-order chi connectivity index (χ1) is 8.34. The molecule has 1 saturated heterocycles. The second-order valence-corrected chi connectivity index (χ2v) is 4.88. The molecule has 2 heterocycles. The van der Waals surface area contributed by atoms with Crippen LogP contribution in [-0.4, -0.2) is 36.1 Å². The van der Waals surface area contributed by atoms with Crippen LogP contribution in [0.5, 0.6) is 0 Å². The fourth-order valence-electron chi connectivity index (χ4n) is 2.37. The number of halogens is 1. The maximum absolute atomic E-state index is 6.44. The van der Waals surface area contributed by atoms with Crippen LogP contribution in [0, 0.1) is 0 Å². The average molecular weight is 250 g/mol. The van der Waals surface area contributed by atoms with Crippen molar-refractivity contribution in [2.75, 3.05) is 26.2 Å². The summed E-state index contributed by atoms with van der Waals surface area (Å²) in [6, 6.07) is 6.28. The number of fused-ring (bicyclic) bond motifs is 1. The van der Waals surface area contributed by atoms with E-state index in [0.717, 1.165) is 48.6 Å². The topological polar surface area (TPSA) is 31.1 Å². The van der Waals surface area contributed by atoms with Crippen molar-refractivity contribution in [2.45, 2.75) is 6.54 Å². The summed E-state index contributed by atoms with van der Waals surface area (Å²) in [5.41, 5.74) is 2.33. The molecule has 1 aromatic heterocycles. The molecule has 2 aromatic rings. The third-order valence-electron chi connectivity index (χ3n) is 3.35. The van der Waals surface area contributed by atoms with Gasteiger partial charge in [-0.1, -0.05) is 17.7 Å². The van der Waals surface area contributed by atoms with Crippen LogP contribution >= 0.6 is 11.6 Å². The van der Waals surface area contributed by atoms with Crippen LogP contribution in [0.25, 0.3) is 10.9 Å². The molecule has 1 fully saturated rings. The summed E-state index contributed by atoms with van der Waals surface area (Å²) in [6.07, 6.45) is 1.94. The number of aromatic nitrogens is 1. The predicted octanol–water partition coefficient (Wildman–Crippen LogP) is 2.23. The van der Waals surface area contributed by atoms with E-state index >= 15 is 0 Å². The average Bonchev–Trinajstić information content (AvgIpc) is 2.83. The van der Waals surface area contributed by atoms with Crippen LogP contribution in [0.3, 0.4) is 0 Å². The predicted molar refractivity (Wildman–Crippen MR) is 71.5 cm³/mol. The number of nitrogens with zero attached hydrogens (tertiary/aromatic N) is 1. The highest BCUT2D eigenvalue weighted by molar-refractivity contribution is 6.36. The molecule has 4 heteroatoms. The number of H-pyrrole nitrogens is 1. The minimum absolute atomic E-state index is 0.891. The van der Waals surface area contributed by atoms with Crippen LogP contribution in [0.2, 0.25) is 5.02 Å². The fourth-order valence-corrected chi connectivity index (χ4v) is 2.66. The largest absolute Gasteiger partial charge is 0.361 e. The molecule has 1 aromatic carbocycles. The summed E-state index contributed by atoms with van der Waals surface area (Å²) in [7, 11) is 0. The van der Waals surface area contributed by atoms with Gasteiger partial charge in [-0.2, -0.15) is 0 Å². The van der Waals surface area contributed by atoms with Crippen LogP contribution in [0.1, 0.15) is 5.56 Å². The Morgan fingerprint density at radius 1 is 1.18 bits per heavy atom. The first-order valence-electron chi connectivity index (χ1n) is 6.02. The van der Waals surface area contributed by atoms with Crippen molar-refractivity contribution < 1.29 is 0 Å². The highest BCUT2D eigenvalue weighted by Crippen LogP contribution is 2.27. The summed E-state index contributed by atoms with van der Waals surface area (Å²) in [4.78, 5) is 5.62. The lowest BCUT2D eigenvalue weighted by Crippen LogP contribution is -2.42. The Labute approximate surface area is 106 Å². The molecule has 0 spiro atoms. The highest BCUT2D eigenvalue weighted by atomic mass is 35.5. The lowest BCUT2D eigenvalue weighted by molar-refractivity contribution is 0.233. The van der Waals surface area contributed by atoms with E-state index in [0.29, 0.717) is 0 Å². The van der Waals surface area contributed by atoms with Crippen molar-refractivity contribution in [3.63, 3.8) is 0 Å². The number of benzene rings is 1. The van der Waals surface area contributed by atoms with Crippen LogP contribution in [0.4, 0.5) is 0 Å². The molecule has 0 unspecified atom stereocenters. The number of aromatic amines is 1. The lowest BCUT2D eigenvalue weighted by atomic mass is 10.1. The van der Waals surface area contributed by atoms with Gasteiger partial charge in [0.15, 0.2) is 0 Å². The zero-order chi connectivity index (χ0) is 11.7. The van der Waals surface area contributed by atoms with Gasteiger partial charge in [-0.15, -0.1) is 0 Å². The summed E-state index contributed by atoms with van der Waals surface area (Å²) >= 11 is 6.44. The van der Waals surface area contributed by atoms with E-state index in [1.54, 1.807) is 0 Å². The molecule has 1 aliphatic heterocycles. The van der Waals surface area contributed by atoms with Gasteiger partial charge in [0.25, 0.3) is 0 Å². The maximum Gasteiger partial charge on any atom is 0.0544 e. The van der Waals surface area contributed by atoms with Crippen molar-refractivity contribution in [3.8, 4) is 0 Å². The van der Waals surface area contributed by atoms with Gasteiger partial charge >= 0.3 is 0 Å². The van der Waals surface area contributed by atoms with Crippen LogP contribution in [-0.2, 0) is 6.54 Å². The number of piperazine rings is 1. The molecule has 0 atom stereocenters. The van der Waals surface area contributed by atoms with Crippen molar-refractivity contribution in [2.24, 2.45) is 0 Å². The molecular weight excluding hydrogens is 234 g/mol. The quantitative estimate of drug-likeness (QED) is 0.855.